The first-order chi connectivity index (χ1) is 21.5. The maximum Gasteiger partial charge on any atom is 0.270 e. The Labute approximate surface area is 265 Å². The molecule has 44 heavy (non-hydrogen) atoms. The van der Waals surface area contributed by atoms with Crippen molar-refractivity contribution < 1.29 is 14.3 Å². The molecule has 2 saturated heterocycles. The monoisotopic (exact) mass is 621 g/mol. The zero-order valence-electron chi connectivity index (χ0n) is 25.9. The number of anilines is 2. The van der Waals surface area contributed by atoms with Gasteiger partial charge in [0, 0.05) is 51.4 Å². The Morgan fingerprint density at radius 1 is 1.05 bits per heavy atom. The molecule has 1 aromatic carbocycles. The van der Waals surface area contributed by atoms with E-state index >= 15 is 0 Å². The Morgan fingerprint density at radius 3 is 2.34 bits per heavy atom. The van der Waals surface area contributed by atoms with Gasteiger partial charge >= 0.3 is 0 Å². The van der Waals surface area contributed by atoms with Gasteiger partial charge in [-0.2, -0.15) is 10.4 Å². The zero-order chi connectivity index (χ0) is 30.9. The van der Waals surface area contributed by atoms with Crippen LogP contribution < -0.4 is 15.1 Å². The number of aromatic amines is 1. The van der Waals surface area contributed by atoms with Crippen LogP contribution >= 0.6 is 11.6 Å². The van der Waals surface area contributed by atoms with Gasteiger partial charge in [-0.25, -0.2) is 4.98 Å². The predicted octanol–water partition coefficient (Wildman–Crippen LogP) is 6.06. The maximum absolute atomic E-state index is 13.0. The predicted molar refractivity (Wildman–Crippen MR) is 173 cm³/mol. The number of nitrogens with one attached hydrogen (secondary N) is 2. The number of aromatic nitrogens is 3. The molecule has 0 spiro atoms. The minimum absolute atomic E-state index is 0.0607. The van der Waals surface area contributed by atoms with Crippen LogP contribution in [0.1, 0.15) is 81.4 Å². The first-order valence-electron chi connectivity index (χ1n) is 16.1. The van der Waals surface area contributed by atoms with Crippen LogP contribution in [0.15, 0.2) is 30.5 Å². The zero-order valence-corrected chi connectivity index (χ0v) is 26.6. The fraction of sp³-hybridized carbons (Fsp3) is 0.576. The Bertz CT molecular complexity index is 1400. The van der Waals surface area contributed by atoms with E-state index in [4.69, 9.17) is 21.1 Å². The van der Waals surface area contributed by atoms with E-state index in [2.05, 4.69) is 50.2 Å². The summed E-state index contributed by atoms with van der Waals surface area (Å²) in [5.74, 6) is 0.246. The molecule has 4 heterocycles. The normalized spacial score (nSPS) is 16.5. The topological polar surface area (TPSA) is 119 Å². The van der Waals surface area contributed by atoms with Crippen molar-refractivity contribution in [1.82, 2.24) is 20.5 Å². The third-order valence-electron chi connectivity index (χ3n) is 8.76. The van der Waals surface area contributed by atoms with E-state index in [1.165, 1.54) is 0 Å². The number of hydrogen-bond donors (Lipinski definition) is 2. The number of piperidine rings is 2. The number of hydrogen-bond acceptors (Lipinski definition) is 8. The van der Waals surface area contributed by atoms with Crippen molar-refractivity contribution in [3.8, 4) is 6.07 Å². The number of carbonyl (C=O) groups excluding carboxylic acids is 1. The van der Waals surface area contributed by atoms with Crippen LogP contribution in [0.4, 0.5) is 11.4 Å². The maximum atomic E-state index is 13.0. The first kappa shape index (κ1) is 32.0. The molecule has 2 N–H and O–H groups in total. The average molecular weight is 622 g/mol. The summed E-state index contributed by atoms with van der Waals surface area (Å²) in [5.41, 5.74) is 3.50. The van der Waals surface area contributed by atoms with Crippen LogP contribution in [-0.2, 0) is 9.47 Å². The Balaban J connectivity index is 1.10. The van der Waals surface area contributed by atoms with E-state index in [-0.39, 0.29) is 18.2 Å². The standard InChI is InChI=1S/C33H44ClN7O3/c1-3-5-19-43-33(44-20-6-4-2)23-11-15-40(16-12-23)25-7-9-27(36-22-25)32(42)37-24-13-17-41(18-14-24)29-10-8-26(34)30-28(21-35)38-39-31(29)30/h7-10,22-24,33H,3-6,11-20H2,1-2H3,(H,37,42)(H,38,39). The molecule has 2 aliphatic heterocycles. The van der Waals surface area contributed by atoms with Crippen molar-refractivity contribution >= 4 is 39.8 Å². The number of carbonyl (C=O) groups is 1. The van der Waals surface area contributed by atoms with Gasteiger partial charge in [-0.05, 0) is 62.8 Å². The van der Waals surface area contributed by atoms with Crippen molar-refractivity contribution in [1.29, 1.82) is 5.26 Å². The summed E-state index contributed by atoms with van der Waals surface area (Å²) < 4.78 is 12.3. The smallest absolute Gasteiger partial charge is 0.270 e. The van der Waals surface area contributed by atoms with Gasteiger partial charge in [0.15, 0.2) is 12.0 Å². The summed E-state index contributed by atoms with van der Waals surface area (Å²) in [6, 6.07) is 9.75. The molecule has 11 heteroatoms. The van der Waals surface area contributed by atoms with Crippen LogP contribution in [0.2, 0.25) is 5.02 Å². The summed E-state index contributed by atoms with van der Waals surface area (Å²) in [4.78, 5) is 22.2. The van der Waals surface area contributed by atoms with Gasteiger partial charge in [0.05, 0.1) is 33.5 Å². The lowest BCUT2D eigenvalue weighted by Crippen LogP contribution is -2.45. The fourth-order valence-corrected chi connectivity index (χ4v) is 6.34. The Hall–Kier alpha value is -3.39. The number of unbranched alkanes of at least 4 members (excludes halogenated alkanes) is 2. The number of nitriles is 1. The number of pyridine rings is 1. The third-order valence-corrected chi connectivity index (χ3v) is 9.07. The summed E-state index contributed by atoms with van der Waals surface area (Å²) in [5, 5.41) is 20.8. The first-order valence-corrected chi connectivity index (χ1v) is 16.5. The van der Waals surface area contributed by atoms with E-state index < -0.39 is 0 Å². The molecule has 0 atom stereocenters. The second kappa shape index (κ2) is 15.6. The number of fused-ring (bicyclic) bond motifs is 1. The minimum atomic E-state index is -0.147. The van der Waals surface area contributed by atoms with Crippen molar-refractivity contribution in [3.05, 3.63) is 46.9 Å². The SMILES string of the molecule is CCCCOC(OCCCC)C1CCN(c2ccc(C(=O)NC3CCN(c4ccc(Cl)c5c(C#N)n[nH]c45)CC3)nc2)CC1. The number of ether oxygens (including phenoxy) is 2. The molecule has 5 rings (SSSR count). The second-order valence-corrected chi connectivity index (χ2v) is 12.2. The largest absolute Gasteiger partial charge is 0.370 e. The molecule has 0 aliphatic carbocycles. The molecule has 0 saturated carbocycles. The van der Waals surface area contributed by atoms with Crippen LogP contribution in [0.3, 0.4) is 0 Å². The van der Waals surface area contributed by atoms with Gasteiger partial charge in [-0.15, -0.1) is 0 Å². The molecule has 1 amide bonds. The van der Waals surface area contributed by atoms with E-state index in [0.717, 1.165) is 108 Å². The van der Waals surface area contributed by atoms with E-state index in [1.807, 2.05) is 30.5 Å². The summed E-state index contributed by atoms with van der Waals surface area (Å²) in [7, 11) is 0. The van der Waals surface area contributed by atoms with E-state index in [0.29, 0.717) is 27.7 Å². The number of H-pyrrole nitrogens is 1. The molecule has 236 valence electrons. The molecule has 2 aromatic heterocycles. The molecule has 0 bridgehead atoms. The number of halogens is 1. The van der Waals surface area contributed by atoms with Gasteiger partial charge in [0.1, 0.15) is 11.8 Å². The summed E-state index contributed by atoms with van der Waals surface area (Å²) in [6.07, 6.45) is 9.65. The molecule has 3 aromatic rings. The summed E-state index contributed by atoms with van der Waals surface area (Å²) in [6.45, 7) is 9.21. The highest BCUT2D eigenvalue weighted by Gasteiger charge is 2.29. The van der Waals surface area contributed by atoms with Crippen molar-refractivity contribution in [3.63, 3.8) is 0 Å². The minimum Gasteiger partial charge on any atom is -0.370 e. The highest BCUT2D eigenvalue weighted by molar-refractivity contribution is 6.36. The van der Waals surface area contributed by atoms with E-state index in [1.54, 1.807) is 0 Å². The van der Waals surface area contributed by atoms with Crippen molar-refractivity contribution in [2.45, 2.75) is 77.5 Å². The number of amides is 1. The molecular weight excluding hydrogens is 578 g/mol. The highest BCUT2D eigenvalue weighted by Crippen LogP contribution is 2.34. The van der Waals surface area contributed by atoms with Crippen LogP contribution in [0.25, 0.3) is 10.9 Å². The third kappa shape index (κ3) is 7.63. The quantitative estimate of drug-likeness (QED) is 0.175. The van der Waals surface area contributed by atoms with Gasteiger partial charge in [0.2, 0.25) is 0 Å². The Morgan fingerprint density at radius 2 is 1.73 bits per heavy atom. The number of benzene rings is 1. The van der Waals surface area contributed by atoms with Crippen molar-refractivity contribution in [2.24, 2.45) is 5.92 Å². The number of nitrogens with zero attached hydrogens (tertiary/aromatic N) is 5. The molecule has 0 unspecified atom stereocenters. The van der Waals surface area contributed by atoms with Crippen LogP contribution in [0.5, 0.6) is 0 Å². The van der Waals surface area contributed by atoms with Crippen LogP contribution in [0, 0.1) is 17.2 Å². The highest BCUT2D eigenvalue weighted by atomic mass is 35.5. The molecular formula is C33H44ClN7O3. The van der Waals surface area contributed by atoms with Gasteiger partial charge < -0.3 is 24.6 Å². The van der Waals surface area contributed by atoms with Crippen molar-refractivity contribution in [2.75, 3.05) is 49.2 Å². The van der Waals surface area contributed by atoms with E-state index in [9.17, 15) is 10.1 Å². The lowest BCUT2D eigenvalue weighted by Gasteiger charge is -2.37. The van der Waals surface area contributed by atoms with Gasteiger partial charge in [0.25, 0.3) is 5.91 Å². The van der Waals surface area contributed by atoms with Gasteiger partial charge in [-0.3, -0.25) is 9.89 Å². The lowest BCUT2D eigenvalue weighted by atomic mass is 9.95. The Kier molecular flexibility index (Phi) is 11.3. The lowest BCUT2D eigenvalue weighted by molar-refractivity contribution is -0.177. The van der Waals surface area contributed by atoms with Gasteiger partial charge in [-0.1, -0.05) is 38.3 Å². The molecule has 10 nitrogen and oxygen atoms in total. The molecule has 0 radical (unpaired) electrons. The molecule has 2 fully saturated rings. The number of rotatable bonds is 13. The fourth-order valence-electron chi connectivity index (χ4n) is 6.09. The summed E-state index contributed by atoms with van der Waals surface area (Å²) >= 11 is 6.35. The average Bonchev–Trinajstić information content (AvgIpc) is 3.50. The second-order valence-electron chi connectivity index (χ2n) is 11.8. The molecule has 2 aliphatic rings. The van der Waals surface area contributed by atoms with Crippen LogP contribution in [-0.4, -0.2) is 72.8 Å².